The summed E-state index contributed by atoms with van der Waals surface area (Å²) in [5.41, 5.74) is 0.956. The van der Waals surface area contributed by atoms with Crippen molar-refractivity contribution < 1.29 is 26.7 Å². The summed E-state index contributed by atoms with van der Waals surface area (Å²) in [6, 6.07) is 16.4. The Balaban J connectivity index is 1.87. The topological polar surface area (TPSA) is 32.3 Å². The minimum absolute atomic E-state index is 0.277. The second kappa shape index (κ2) is 10.5. The maximum Gasteiger partial charge on any atom is 0.416 e. The summed E-state index contributed by atoms with van der Waals surface area (Å²) in [6.07, 6.45) is -3.50. The highest BCUT2D eigenvalue weighted by molar-refractivity contribution is 5.86. The molecular weight excluding hydrogens is 439 g/mol. The third kappa shape index (κ3) is 6.09. The van der Waals surface area contributed by atoms with Crippen molar-refractivity contribution in [2.75, 3.05) is 18.5 Å². The fourth-order valence-electron chi connectivity index (χ4n) is 3.63. The molecule has 0 spiro atoms. The number of nitrogens with zero attached hydrogens (tertiary/aromatic N) is 1. The van der Waals surface area contributed by atoms with Crippen LogP contribution in [0.15, 0.2) is 72.8 Å². The van der Waals surface area contributed by atoms with E-state index in [0.29, 0.717) is 29.7 Å². The Labute approximate surface area is 188 Å². The van der Waals surface area contributed by atoms with Gasteiger partial charge in [-0.05, 0) is 48.2 Å². The molecule has 33 heavy (non-hydrogen) atoms. The van der Waals surface area contributed by atoms with E-state index in [0.717, 1.165) is 24.3 Å². The molecule has 0 radical (unpaired) electrons. The van der Waals surface area contributed by atoms with Crippen molar-refractivity contribution >= 4 is 11.6 Å². The Morgan fingerprint density at radius 2 is 1.61 bits per heavy atom. The van der Waals surface area contributed by atoms with Crippen LogP contribution < -0.4 is 10.2 Å². The van der Waals surface area contributed by atoms with Crippen LogP contribution in [-0.4, -0.2) is 19.5 Å². The van der Waals surface area contributed by atoms with Crippen molar-refractivity contribution in [3.63, 3.8) is 0 Å². The van der Waals surface area contributed by atoms with Gasteiger partial charge in [-0.25, -0.2) is 8.78 Å². The van der Waals surface area contributed by atoms with Crippen LogP contribution in [0.3, 0.4) is 0 Å². The van der Waals surface area contributed by atoms with Gasteiger partial charge in [0.1, 0.15) is 6.04 Å². The van der Waals surface area contributed by atoms with Crippen molar-refractivity contribution in [2.24, 2.45) is 0 Å². The molecule has 0 saturated heterocycles. The van der Waals surface area contributed by atoms with Crippen LogP contribution in [0.5, 0.6) is 0 Å². The average Bonchev–Trinajstić information content (AvgIpc) is 2.80. The highest BCUT2D eigenvalue weighted by Gasteiger charge is 2.30. The van der Waals surface area contributed by atoms with E-state index in [1.165, 1.54) is 25.2 Å². The highest BCUT2D eigenvalue weighted by Crippen LogP contribution is 2.31. The predicted octanol–water partition coefficient (Wildman–Crippen LogP) is 5.91. The number of nitrogens with one attached hydrogen (secondary N) is 1. The van der Waals surface area contributed by atoms with E-state index in [4.69, 9.17) is 0 Å². The minimum atomic E-state index is -4.40. The molecule has 3 aromatic carbocycles. The fourth-order valence-corrected chi connectivity index (χ4v) is 3.63. The first-order valence-corrected chi connectivity index (χ1v) is 10.3. The second-order valence-electron chi connectivity index (χ2n) is 7.52. The van der Waals surface area contributed by atoms with Crippen LogP contribution in [0.2, 0.25) is 0 Å². The summed E-state index contributed by atoms with van der Waals surface area (Å²) in [4.78, 5) is 14.5. The van der Waals surface area contributed by atoms with E-state index in [-0.39, 0.29) is 12.5 Å². The lowest BCUT2D eigenvalue weighted by atomic mass is 10.0. The third-order valence-corrected chi connectivity index (χ3v) is 5.30. The van der Waals surface area contributed by atoms with Gasteiger partial charge in [-0.1, -0.05) is 42.5 Å². The molecule has 8 heteroatoms. The van der Waals surface area contributed by atoms with Gasteiger partial charge in [-0.3, -0.25) is 4.79 Å². The molecular formula is C25H23F5N2O. The zero-order chi connectivity index (χ0) is 24.0. The SMILES string of the molecule is CNC(=O)C(c1ccccc1)N(CCCc1ccc(C(F)(F)F)cc1)c1ccc(F)c(F)c1. The Bertz CT molecular complexity index is 1070. The number of amides is 1. The monoisotopic (exact) mass is 462 g/mol. The Kier molecular flexibility index (Phi) is 7.68. The van der Waals surface area contributed by atoms with Crippen LogP contribution in [0.1, 0.15) is 29.2 Å². The van der Waals surface area contributed by atoms with E-state index in [1.807, 2.05) is 0 Å². The number of benzene rings is 3. The molecule has 1 atom stereocenters. The molecule has 0 aliphatic rings. The number of hydrogen-bond acceptors (Lipinski definition) is 2. The smallest absolute Gasteiger partial charge is 0.357 e. The number of alkyl halides is 3. The van der Waals surface area contributed by atoms with Crippen molar-refractivity contribution in [3.8, 4) is 0 Å². The number of rotatable bonds is 8. The Hall–Kier alpha value is -3.42. The maximum atomic E-state index is 14.0. The molecule has 174 valence electrons. The molecule has 0 bridgehead atoms. The highest BCUT2D eigenvalue weighted by atomic mass is 19.4. The quantitative estimate of drug-likeness (QED) is 0.422. The number of hydrogen-bond donors (Lipinski definition) is 1. The van der Waals surface area contributed by atoms with Crippen LogP contribution in [0.4, 0.5) is 27.6 Å². The van der Waals surface area contributed by atoms with Crippen LogP contribution >= 0.6 is 0 Å². The minimum Gasteiger partial charge on any atom is -0.357 e. The molecule has 0 heterocycles. The molecule has 3 rings (SSSR count). The summed E-state index contributed by atoms with van der Waals surface area (Å²) < 4.78 is 65.9. The van der Waals surface area contributed by atoms with Crippen LogP contribution in [-0.2, 0) is 17.4 Å². The number of carbonyl (C=O) groups is 1. The van der Waals surface area contributed by atoms with Crippen LogP contribution in [0.25, 0.3) is 0 Å². The molecule has 1 amide bonds. The molecule has 3 nitrogen and oxygen atoms in total. The van der Waals surface area contributed by atoms with E-state index in [2.05, 4.69) is 5.32 Å². The van der Waals surface area contributed by atoms with Gasteiger partial charge in [0.25, 0.3) is 0 Å². The number of likely N-dealkylation sites (N-methyl/N-ethyl adjacent to an activating group) is 1. The zero-order valence-corrected chi connectivity index (χ0v) is 17.9. The summed E-state index contributed by atoms with van der Waals surface area (Å²) in [6.45, 7) is 0.277. The molecule has 0 aliphatic carbocycles. The molecule has 0 fully saturated rings. The summed E-state index contributed by atoms with van der Waals surface area (Å²) in [5.74, 6) is -2.37. The standard InChI is InChI=1S/C25H23F5N2O/c1-31-24(33)23(18-7-3-2-4-8-18)32(20-13-14-21(26)22(27)16-20)15-5-6-17-9-11-19(12-10-17)25(28,29)30/h2-4,7-14,16,23H,5-6,15H2,1H3,(H,31,33). The van der Waals surface area contributed by atoms with Gasteiger partial charge in [0.15, 0.2) is 11.6 Å². The van der Waals surface area contributed by atoms with E-state index < -0.39 is 29.4 Å². The van der Waals surface area contributed by atoms with Crippen molar-refractivity contribution in [2.45, 2.75) is 25.1 Å². The van der Waals surface area contributed by atoms with E-state index >= 15 is 0 Å². The molecule has 1 N–H and O–H groups in total. The average molecular weight is 462 g/mol. The number of anilines is 1. The maximum absolute atomic E-state index is 14.0. The lowest BCUT2D eigenvalue weighted by molar-refractivity contribution is -0.137. The summed E-state index contributed by atoms with van der Waals surface area (Å²) in [5, 5.41) is 2.61. The third-order valence-electron chi connectivity index (χ3n) is 5.30. The van der Waals surface area contributed by atoms with E-state index in [9.17, 15) is 26.7 Å². The van der Waals surface area contributed by atoms with Crippen molar-refractivity contribution in [1.82, 2.24) is 5.32 Å². The number of aryl methyl sites for hydroxylation is 1. The zero-order valence-electron chi connectivity index (χ0n) is 17.9. The van der Waals surface area contributed by atoms with Crippen molar-refractivity contribution in [1.29, 1.82) is 0 Å². The first-order chi connectivity index (χ1) is 15.7. The fraction of sp³-hybridized carbons (Fsp3) is 0.240. The second-order valence-corrected chi connectivity index (χ2v) is 7.52. The largest absolute Gasteiger partial charge is 0.416 e. The summed E-state index contributed by atoms with van der Waals surface area (Å²) in [7, 11) is 1.49. The molecule has 1 unspecified atom stereocenters. The van der Waals surface area contributed by atoms with Crippen LogP contribution in [0, 0.1) is 11.6 Å². The lowest BCUT2D eigenvalue weighted by Gasteiger charge is -2.33. The molecule has 0 aliphatic heterocycles. The van der Waals surface area contributed by atoms with Gasteiger partial charge in [0.2, 0.25) is 5.91 Å². The van der Waals surface area contributed by atoms with Gasteiger partial charge in [-0.2, -0.15) is 13.2 Å². The van der Waals surface area contributed by atoms with Gasteiger partial charge < -0.3 is 10.2 Å². The molecule has 0 aromatic heterocycles. The number of carbonyl (C=O) groups excluding carboxylic acids is 1. The summed E-state index contributed by atoms with van der Waals surface area (Å²) >= 11 is 0. The lowest BCUT2D eigenvalue weighted by Crippen LogP contribution is -2.40. The van der Waals surface area contributed by atoms with Gasteiger partial charge in [-0.15, -0.1) is 0 Å². The van der Waals surface area contributed by atoms with E-state index in [1.54, 1.807) is 35.2 Å². The Morgan fingerprint density at radius 1 is 0.939 bits per heavy atom. The van der Waals surface area contributed by atoms with Gasteiger partial charge in [0, 0.05) is 25.3 Å². The molecule has 3 aromatic rings. The molecule has 0 saturated carbocycles. The normalized spacial score (nSPS) is 12.3. The first kappa shape index (κ1) is 24.2. The van der Waals surface area contributed by atoms with Gasteiger partial charge in [0.05, 0.1) is 5.56 Å². The first-order valence-electron chi connectivity index (χ1n) is 10.3. The van der Waals surface area contributed by atoms with Gasteiger partial charge >= 0.3 is 6.18 Å². The predicted molar refractivity (Wildman–Crippen MR) is 117 cm³/mol. The number of halogens is 5. The van der Waals surface area contributed by atoms with Crippen molar-refractivity contribution in [3.05, 3.63) is 101 Å². The Morgan fingerprint density at radius 3 is 2.18 bits per heavy atom.